The number of hydrogen-bond donors (Lipinski definition) is 1. The molecular weight excluding hydrogens is 285 g/mol. The zero-order valence-electron chi connectivity index (χ0n) is 12.9. The molecule has 1 fully saturated rings. The van der Waals surface area contributed by atoms with Crippen molar-refractivity contribution in [2.45, 2.75) is 57.9 Å². The second-order valence-corrected chi connectivity index (χ2v) is 5.90. The van der Waals surface area contributed by atoms with E-state index in [9.17, 15) is 18.0 Å². The van der Waals surface area contributed by atoms with E-state index in [2.05, 4.69) is 5.32 Å². The zero-order chi connectivity index (χ0) is 16.0. The van der Waals surface area contributed by atoms with Crippen LogP contribution in [0.2, 0.25) is 0 Å². The molecule has 0 aromatic heterocycles. The number of nitrogens with one attached hydrogen (secondary N) is 1. The number of halogens is 3. The predicted octanol–water partition coefficient (Wildman–Crippen LogP) is 3.17. The molecule has 1 N–H and O–H groups in total. The molecule has 0 aromatic carbocycles. The van der Waals surface area contributed by atoms with Gasteiger partial charge < -0.3 is 15.0 Å². The van der Waals surface area contributed by atoms with Crippen LogP contribution < -0.4 is 5.32 Å². The van der Waals surface area contributed by atoms with Gasteiger partial charge in [-0.15, -0.1) is 0 Å². The maximum absolute atomic E-state index is 12.2. The van der Waals surface area contributed by atoms with E-state index in [1.54, 1.807) is 11.9 Å². The van der Waals surface area contributed by atoms with Crippen LogP contribution in [0.25, 0.3) is 0 Å². The quantitative estimate of drug-likeness (QED) is 0.847. The molecule has 0 spiro atoms. The van der Waals surface area contributed by atoms with Gasteiger partial charge in [-0.25, -0.2) is 4.79 Å². The lowest BCUT2D eigenvalue weighted by molar-refractivity contribution is -0.193. The lowest BCUT2D eigenvalue weighted by atomic mass is 9.86. The number of carbonyl (C=O) groups excluding carboxylic acids is 1. The van der Waals surface area contributed by atoms with E-state index in [4.69, 9.17) is 4.74 Å². The minimum atomic E-state index is -4.30. The lowest BCUT2D eigenvalue weighted by Crippen LogP contribution is -2.45. The third kappa shape index (κ3) is 6.54. The van der Waals surface area contributed by atoms with Gasteiger partial charge in [0.05, 0.1) is 6.10 Å². The topological polar surface area (TPSA) is 41.6 Å². The number of alkyl halides is 3. The Morgan fingerprint density at radius 2 is 1.95 bits per heavy atom. The molecule has 1 aliphatic carbocycles. The molecule has 0 heterocycles. The van der Waals surface area contributed by atoms with Crippen LogP contribution in [0.1, 0.15) is 39.5 Å². The normalized spacial score (nSPS) is 23.2. The summed E-state index contributed by atoms with van der Waals surface area (Å²) in [5.74, 6) is -0.0504. The first-order valence-electron chi connectivity index (χ1n) is 7.39. The fourth-order valence-corrected chi connectivity index (χ4v) is 2.41. The highest BCUT2D eigenvalue weighted by Crippen LogP contribution is 2.28. The second-order valence-electron chi connectivity index (χ2n) is 5.90. The molecule has 0 bridgehead atoms. The van der Waals surface area contributed by atoms with Gasteiger partial charge in [0, 0.05) is 25.6 Å². The van der Waals surface area contributed by atoms with Gasteiger partial charge in [-0.05, 0) is 26.7 Å². The molecule has 1 rings (SSSR count). The van der Waals surface area contributed by atoms with Crippen LogP contribution in [0.4, 0.5) is 18.0 Å². The minimum Gasteiger partial charge on any atom is -0.368 e. The average molecular weight is 310 g/mol. The fraction of sp³-hybridized carbons (Fsp3) is 0.929. The van der Waals surface area contributed by atoms with Crippen LogP contribution in [-0.2, 0) is 4.74 Å². The van der Waals surface area contributed by atoms with Gasteiger partial charge in [0.1, 0.15) is 6.61 Å². The van der Waals surface area contributed by atoms with Crippen molar-refractivity contribution in [2.24, 2.45) is 5.92 Å². The number of urea groups is 1. The summed E-state index contributed by atoms with van der Waals surface area (Å²) in [5.41, 5.74) is 0. The first-order chi connectivity index (χ1) is 9.70. The molecule has 0 unspecified atom stereocenters. The molecule has 2 amide bonds. The SMILES string of the molecule is CC(C)N(C)C(=O)NC[C@H]1CCCC[C@@H]1OCC(F)(F)F. The molecule has 21 heavy (non-hydrogen) atoms. The Bertz CT molecular complexity index is 335. The Balaban J connectivity index is 2.44. The van der Waals surface area contributed by atoms with Gasteiger partial charge in [0.15, 0.2) is 0 Å². The van der Waals surface area contributed by atoms with E-state index < -0.39 is 18.9 Å². The van der Waals surface area contributed by atoms with Crippen molar-refractivity contribution in [3.63, 3.8) is 0 Å². The second kappa shape index (κ2) is 7.87. The Kier molecular flexibility index (Phi) is 6.77. The average Bonchev–Trinajstić information content (AvgIpc) is 2.41. The third-order valence-electron chi connectivity index (χ3n) is 3.91. The zero-order valence-corrected chi connectivity index (χ0v) is 12.9. The summed E-state index contributed by atoms with van der Waals surface area (Å²) >= 11 is 0. The van der Waals surface area contributed by atoms with E-state index in [0.29, 0.717) is 13.0 Å². The van der Waals surface area contributed by atoms with Crippen molar-refractivity contribution < 1.29 is 22.7 Å². The summed E-state index contributed by atoms with van der Waals surface area (Å²) in [6.45, 7) is 2.94. The van der Waals surface area contributed by atoms with Crippen molar-refractivity contribution in [3.8, 4) is 0 Å². The highest BCUT2D eigenvalue weighted by Gasteiger charge is 2.33. The van der Waals surface area contributed by atoms with E-state index >= 15 is 0 Å². The Morgan fingerprint density at radius 1 is 1.33 bits per heavy atom. The molecule has 0 aromatic rings. The number of amides is 2. The smallest absolute Gasteiger partial charge is 0.368 e. The van der Waals surface area contributed by atoms with Crippen LogP contribution >= 0.6 is 0 Å². The lowest BCUT2D eigenvalue weighted by Gasteiger charge is -2.32. The van der Waals surface area contributed by atoms with Crippen LogP contribution in [0.5, 0.6) is 0 Å². The van der Waals surface area contributed by atoms with Crippen LogP contribution in [-0.4, -0.2) is 49.5 Å². The summed E-state index contributed by atoms with van der Waals surface area (Å²) < 4.78 is 41.7. The van der Waals surface area contributed by atoms with Crippen LogP contribution in [0.15, 0.2) is 0 Å². The third-order valence-corrected chi connectivity index (χ3v) is 3.91. The first kappa shape index (κ1) is 18.1. The molecule has 2 atom stereocenters. The summed E-state index contributed by atoms with van der Waals surface area (Å²) in [7, 11) is 1.69. The number of ether oxygens (including phenoxy) is 1. The van der Waals surface area contributed by atoms with E-state index in [-0.39, 0.29) is 18.0 Å². The molecule has 7 heteroatoms. The summed E-state index contributed by atoms with van der Waals surface area (Å²) in [5, 5.41) is 2.79. The van der Waals surface area contributed by atoms with Crippen molar-refractivity contribution in [1.82, 2.24) is 10.2 Å². The molecule has 124 valence electrons. The highest BCUT2D eigenvalue weighted by molar-refractivity contribution is 5.74. The van der Waals surface area contributed by atoms with E-state index in [0.717, 1.165) is 19.3 Å². The maximum atomic E-state index is 12.2. The molecule has 1 aliphatic rings. The molecule has 1 saturated carbocycles. The standard InChI is InChI=1S/C14H25F3N2O2/c1-10(2)19(3)13(20)18-8-11-6-4-5-7-12(11)21-9-14(15,16)17/h10-12H,4-9H2,1-3H3,(H,18,20)/t11-,12+/m1/s1. The highest BCUT2D eigenvalue weighted by atomic mass is 19.4. The van der Waals surface area contributed by atoms with Crippen molar-refractivity contribution in [1.29, 1.82) is 0 Å². The van der Waals surface area contributed by atoms with E-state index in [1.165, 1.54) is 0 Å². The first-order valence-corrected chi connectivity index (χ1v) is 7.39. The number of carbonyl (C=O) groups is 1. The van der Waals surface area contributed by atoms with Crippen molar-refractivity contribution >= 4 is 6.03 Å². The van der Waals surface area contributed by atoms with Gasteiger partial charge >= 0.3 is 12.2 Å². The van der Waals surface area contributed by atoms with Gasteiger partial charge in [-0.2, -0.15) is 13.2 Å². The largest absolute Gasteiger partial charge is 0.411 e. The Morgan fingerprint density at radius 3 is 2.52 bits per heavy atom. The number of nitrogens with zero attached hydrogens (tertiary/aromatic N) is 1. The Labute approximate surface area is 124 Å². The fourth-order valence-electron chi connectivity index (χ4n) is 2.41. The van der Waals surface area contributed by atoms with Crippen molar-refractivity contribution in [3.05, 3.63) is 0 Å². The van der Waals surface area contributed by atoms with Gasteiger partial charge in [-0.1, -0.05) is 12.8 Å². The van der Waals surface area contributed by atoms with Crippen LogP contribution in [0, 0.1) is 5.92 Å². The molecule has 0 aliphatic heterocycles. The minimum absolute atomic E-state index is 0.0504. The summed E-state index contributed by atoms with van der Waals surface area (Å²) in [6.07, 6.45) is -1.48. The molecule has 0 radical (unpaired) electrons. The Hall–Kier alpha value is -0.980. The molecule has 0 saturated heterocycles. The van der Waals surface area contributed by atoms with E-state index in [1.807, 2.05) is 13.8 Å². The van der Waals surface area contributed by atoms with Crippen LogP contribution in [0.3, 0.4) is 0 Å². The monoisotopic (exact) mass is 310 g/mol. The predicted molar refractivity (Wildman–Crippen MR) is 74.1 cm³/mol. The summed E-state index contributed by atoms with van der Waals surface area (Å²) in [4.78, 5) is 13.4. The summed E-state index contributed by atoms with van der Waals surface area (Å²) in [6, 6.07) is -0.126. The van der Waals surface area contributed by atoms with Gasteiger partial charge in [0.2, 0.25) is 0 Å². The van der Waals surface area contributed by atoms with Crippen molar-refractivity contribution in [2.75, 3.05) is 20.2 Å². The van der Waals surface area contributed by atoms with Gasteiger partial charge in [-0.3, -0.25) is 0 Å². The molecule has 4 nitrogen and oxygen atoms in total. The molecular formula is C14H25F3N2O2. The number of rotatable bonds is 5. The maximum Gasteiger partial charge on any atom is 0.411 e. The number of hydrogen-bond acceptors (Lipinski definition) is 2. The van der Waals surface area contributed by atoms with Gasteiger partial charge in [0.25, 0.3) is 0 Å².